The average Bonchev–Trinajstić information content (AvgIpc) is 2.65. The Balaban J connectivity index is 2.83. The average molecular weight is 432 g/mol. The number of hydrogen-bond acceptors (Lipinski definition) is 3. The number of amides is 1. The van der Waals surface area contributed by atoms with E-state index in [0.29, 0.717) is 26.2 Å². The third kappa shape index (κ3) is 7.55. The second-order valence-corrected chi connectivity index (χ2v) is 8.21. The van der Waals surface area contributed by atoms with Crippen molar-refractivity contribution in [2.45, 2.75) is 53.4 Å². The molecule has 0 saturated carbocycles. The summed E-state index contributed by atoms with van der Waals surface area (Å²) in [5.41, 5.74) is -0.553. The van der Waals surface area contributed by atoms with Crippen molar-refractivity contribution in [1.82, 2.24) is 0 Å². The number of hydrogen-bond donors (Lipinski definition) is 0. The van der Waals surface area contributed by atoms with Crippen LogP contribution in [0, 0.1) is 17.0 Å². The molecule has 0 aliphatic rings. The van der Waals surface area contributed by atoms with Crippen molar-refractivity contribution in [3.05, 3.63) is 23.8 Å². The molecule has 0 aromatic heterocycles. The zero-order valence-electron chi connectivity index (χ0n) is 17.4. The summed E-state index contributed by atoms with van der Waals surface area (Å²) in [6, 6.07) is 2.52. The molecule has 0 N–H and O–H groups in total. The summed E-state index contributed by atoms with van der Waals surface area (Å²) in [6.45, 7) is 9.85. The Morgan fingerprint density at radius 3 is 2.32 bits per heavy atom. The quantitative estimate of drug-likeness (QED) is 0.348. The van der Waals surface area contributed by atoms with Crippen molar-refractivity contribution in [2.75, 3.05) is 37.9 Å². The Kier molecular flexibility index (Phi) is 11.4. The molecule has 7 heteroatoms. The summed E-state index contributed by atoms with van der Waals surface area (Å²) in [6.07, 6.45) is 3.60. The fraction of sp³-hybridized carbons (Fsp3) is 0.667. The Morgan fingerprint density at radius 1 is 1.07 bits per heavy atom. The van der Waals surface area contributed by atoms with E-state index in [4.69, 9.17) is 9.47 Å². The third-order valence-corrected chi connectivity index (χ3v) is 5.25. The standard InChI is InChI=1S/C21H32F2NO3.Ti/c1-5-7-12-26-14-15-27-13-11-24(20(25)21(3,4)10-6-2)19-9-8-17(22)16-18(19)23;/h8-9H,5-7,10-15H2,1-4H3;. The Bertz CT molecular complexity index is 626. The van der Waals surface area contributed by atoms with Crippen LogP contribution >= 0.6 is 0 Å². The molecule has 0 saturated heterocycles. The molecule has 0 unspecified atom stereocenters. The molecule has 1 aromatic rings. The Hall–Kier alpha value is -0.816. The number of halogens is 2. The van der Waals surface area contributed by atoms with Crippen LogP contribution in [0.5, 0.6) is 0 Å². The molecule has 28 heavy (non-hydrogen) atoms. The number of carbonyl (C=O) groups excluding carboxylic acids is 1. The SMILES string of the molecule is CCCCOCCOCCN(C(=O)C(C)(C)CCC)c1ccc(F)[c]([Ti])c1F. The monoisotopic (exact) mass is 432 g/mol. The summed E-state index contributed by atoms with van der Waals surface area (Å²) in [7, 11) is 0. The van der Waals surface area contributed by atoms with E-state index in [1.165, 1.54) is 37.5 Å². The van der Waals surface area contributed by atoms with Gasteiger partial charge in [-0.1, -0.05) is 13.3 Å². The predicted octanol–water partition coefficient (Wildman–Crippen LogP) is 4.13. The van der Waals surface area contributed by atoms with E-state index < -0.39 is 17.0 Å². The first kappa shape index (κ1) is 25.2. The molecule has 0 fully saturated rings. The van der Waals surface area contributed by atoms with E-state index >= 15 is 0 Å². The molecule has 1 aromatic carbocycles. The van der Waals surface area contributed by atoms with Gasteiger partial charge in [0.25, 0.3) is 0 Å². The number of nitrogens with zero attached hydrogens (tertiary/aromatic N) is 1. The van der Waals surface area contributed by atoms with Gasteiger partial charge in [0.2, 0.25) is 0 Å². The van der Waals surface area contributed by atoms with E-state index in [1.807, 2.05) is 20.8 Å². The number of ether oxygens (including phenoxy) is 2. The van der Waals surface area contributed by atoms with Gasteiger partial charge in [-0.15, -0.1) is 0 Å². The van der Waals surface area contributed by atoms with Crippen LogP contribution in [-0.4, -0.2) is 38.9 Å². The number of carbonyl (C=O) groups is 1. The van der Waals surface area contributed by atoms with E-state index in [2.05, 4.69) is 6.92 Å². The molecule has 0 aliphatic heterocycles. The number of rotatable bonds is 13. The second kappa shape index (κ2) is 12.7. The molecule has 0 aliphatic carbocycles. The number of anilines is 1. The van der Waals surface area contributed by atoms with Crippen molar-refractivity contribution in [3.8, 4) is 0 Å². The molecule has 0 bridgehead atoms. The summed E-state index contributed by atoms with van der Waals surface area (Å²) in [5, 5.41) is 0. The third-order valence-electron chi connectivity index (χ3n) is 4.53. The van der Waals surface area contributed by atoms with E-state index in [1.54, 1.807) is 0 Å². The van der Waals surface area contributed by atoms with Crippen LogP contribution in [0.2, 0.25) is 0 Å². The Morgan fingerprint density at radius 2 is 1.71 bits per heavy atom. The zero-order chi connectivity index (χ0) is 21.2. The van der Waals surface area contributed by atoms with Crippen molar-refractivity contribution in [1.29, 1.82) is 0 Å². The maximum absolute atomic E-state index is 14.7. The van der Waals surface area contributed by atoms with Crippen molar-refractivity contribution in [3.63, 3.8) is 0 Å². The van der Waals surface area contributed by atoms with Crippen molar-refractivity contribution < 1.29 is 43.5 Å². The van der Waals surface area contributed by atoms with Crippen LogP contribution < -0.4 is 8.77 Å². The van der Waals surface area contributed by atoms with Gasteiger partial charge in [-0.05, 0) is 0 Å². The van der Waals surface area contributed by atoms with Gasteiger partial charge in [-0.3, -0.25) is 0 Å². The molecule has 1 amide bonds. The molecule has 4 nitrogen and oxygen atoms in total. The van der Waals surface area contributed by atoms with Crippen LogP contribution in [0.3, 0.4) is 0 Å². The topological polar surface area (TPSA) is 38.8 Å². The van der Waals surface area contributed by atoms with Gasteiger partial charge in [-0.2, -0.15) is 0 Å². The molecular weight excluding hydrogens is 400 g/mol. The molecule has 0 atom stereocenters. The predicted molar refractivity (Wildman–Crippen MR) is 104 cm³/mol. The second-order valence-electron chi connectivity index (χ2n) is 7.42. The zero-order valence-corrected chi connectivity index (χ0v) is 19.0. The first-order chi connectivity index (χ1) is 13.3. The van der Waals surface area contributed by atoms with Gasteiger partial charge in [0.1, 0.15) is 0 Å². The van der Waals surface area contributed by atoms with Crippen LogP contribution in [0.25, 0.3) is 0 Å². The molecule has 157 valence electrons. The molecule has 0 heterocycles. The molecule has 0 spiro atoms. The maximum atomic E-state index is 14.7. The van der Waals surface area contributed by atoms with Gasteiger partial charge < -0.3 is 0 Å². The normalized spacial score (nSPS) is 11.6. The molecule has 0 radical (unpaired) electrons. The summed E-state index contributed by atoms with van der Waals surface area (Å²) in [5.74, 6) is -1.52. The van der Waals surface area contributed by atoms with Crippen LogP contribution in [0.1, 0.15) is 53.4 Å². The van der Waals surface area contributed by atoms with Gasteiger partial charge in [0, 0.05) is 0 Å². The summed E-state index contributed by atoms with van der Waals surface area (Å²) < 4.78 is 39.3. The van der Waals surface area contributed by atoms with Crippen molar-refractivity contribution in [2.24, 2.45) is 5.41 Å². The van der Waals surface area contributed by atoms with Gasteiger partial charge in [0.05, 0.1) is 0 Å². The first-order valence-electron chi connectivity index (χ1n) is 9.93. The summed E-state index contributed by atoms with van der Waals surface area (Å²) >= 11 is 1.37. The number of unbranched alkanes of at least 4 members (excludes halogenated alkanes) is 1. The minimum absolute atomic E-state index is 0.0890. The minimum atomic E-state index is -0.705. The van der Waals surface area contributed by atoms with Crippen molar-refractivity contribution >= 4 is 15.5 Å². The van der Waals surface area contributed by atoms with Crippen LogP contribution in [0.4, 0.5) is 14.5 Å². The van der Waals surface area contributed by atoms with E-state index in [-0.39, 0.29) is 28.6 Å². The fourth-order valence-corrected chi connectivity index (χ4v) is 3.23. The van der Waals surface area contributed by atoms with Gasteiger partial charge >= 0.3 is 166 Å². The van der Waals surface area contributed by atoms with E-state index in [0.717, 1.165) is 19.3 Å². The molecule has 1 rings (SSSR count). The molecular formula is C21H32F2NO3Ti. The fourth-order valence-electron chi connectivity index (χ4n) is 2.90. The van der Waals surface area contributed by atoms with Crippen LogP contribution in [-0.2, 0) is 34.7 Å². The van der Waals surface area contributed by atoms with Gasteiger partial charge in [0.15, 0.2) is 0 Å². The van der Waals surface area contributed by atoms with E-state index in [9.17, 15) is 13.6 Å². The van der Waals surface area contributed by atoms with Gasteiger partial charge in [-0.25, -0.2) is 0 Å². The summed E-state index contributed by atoms with van der Waals surface area (Å²) in [4.78, 5) is 14.5. The Labute approximate surface area is 179 Å². The number of benzene rings is 1. The van der Waals surface area contributed by atoms with Crippen LogP contribution in [0.15, 0.2) is 12.1 Å². The first-order valence-corrected chi connectivity index (χ1v) is 10.7.